The Morgan fingerprint density at radius 1 is 0.408 bits per heavy atom. The fourth-order valence-electron chi connectivity index (χ4n) is 6.93. The zero-order valence-electron chi connectivity index (χ0n) is 26.2. The van der Waals surface area contributed by atoms with Crippen LogP contribution in [-0.2, 0) is 0 Å². The number of nitrogens with zero attached hydrogens (tertiary/aromatic N) is 4. The van der Waals surface area contributed by atoms with Crippen molar-refractivity contribution in [2.75, 3.05) is 0 Å². The molecule has 0 N–H and O–H groups in total. The number of hydrogen-bond donors (Lipinski definition) is 0. The number of hydrogen-bond acceptors (Lipinski definition) is 5. The number of thiophene rings is 1. The van der Waals surface area contributed by atoms with Gasteiger partial charge in [0.15, 0.2) is 0 Å². The number of benzene rings is 5. The fourth-order valence-corrected chi connectivity index (χ4v) is 8.17. The third kappa shape index (κ3) is 4.74. The van der Waals surface area contributed by atoms with Crippen molar-refractivity contribution in [3.63, 3.8) is 0 Å². The molecule has 0 atom stereocenters. The summed E-state index contributed by atoms with van der Waals surface area (Å²) in [6.07, 6.45) is 7.67. The average molecular weight is 643 g/mol. The molecular weight excluding hydrogens is 617 g/mol. The van der Waals surface area contributed by atoms with Gasteiger partial charge in [-0.1, -0.05) is 78.9 Å². The Bertz CT molecular complexity index is 2890. The van der Waals surface area contributed by atoms with Crippen LogP contribution in [0.1, 0.15) is 0 Å². The first kappa shape index (κ1) is 27.8. The zero-order chi connectivity index (χ0) is 32.3. The van der Waals surface area contributed by atoms with E-state index in [1.165, 1.54) is 31.3 Å². The molecule has 0 aliphatic rings. The molecule has 10 aromatic rings. The summed E-state index contributed by atoms with van der Waals surface area (Å²) in [6, 6.07) is 47.3. The van der Waals surface area contributed by atoms with Crippen LogP contribution in [-0.4, -0.2) is 19.9 Å². The van der Waals surface area contributed by atoms with Gasteiger partial charge in [0.05, 0.1) is 22.2 Å². The van der Waals surface area contributed by atoms with Crippen LogP contribution >= 0.6 is 11.3 Å². The van der Waals surface area contributed by atoms with Crippen molar-refractivity contribution >= 4 is 64.2 Å². The number of pyridine rings is 4. The molecule has 0 aliphatic heterocycles. The molecule has 5 aromatic heterocycles. The van der Waals surface area contributed by atoms with Crippen LogP contribution in [0.2, 0.25) is 0 Å². The van der Waals surface area contributed by atoms with Crippen molar-refractivity contribution < 1.29 is 0 Å². The highest BCUT2D eigenvalue weighted by Gasteiger charge is 2.14. The quantitative estimate of drug-likeness (QED) is 0.179. The SMILES string of the molecule is c1ccc2ncc(-c3cc(-c4ccc(-c5cnc6c(ccc7cccnc76)c5)nc4)cc(-c4cccc5c4sc4ccccc45)c3)cc2c1. The van der Waals surface area contributed by atoms with Gasteiger partial charge in [-0.15, -0.1) is 11.3 Å². The van der Waals surface area contributed by atoms with E-state index in [1.54, 1.807) is 0 Å². The van der Waals surface area contributed by atoms with E-state index in [9.17, 15) is 0 Å². The lowest BCUT2D eigenvalue weighted by atomic mass is 9.93. The molecule has 49 heavy (non-hydrogen) atoms. The highest BCUT2D eigenvalue weighted by Crippen LogP contribution is 2.42. The number of fused-ring (bicyclic) bond motifs is 7. The maximum absolute atomic E-state index is 4.95. The molecule has 0 unspecified atom stereocenters. The summed E-state index contributed by atoms with van der Waals surface area (Å²) in [6.45, 7) is 0. The van der Waals surface area contributed by atoms with Gasteiger partial charge in [-0.05, 0) is 76.9 Å². The molecule has 0 amide bonds. The summed E-state index contributed by atoms with van der Waals surface area (Å²) in [5.74, 6) is 0. The lowest BCUT2D eigenvalue weighted by Crippen LogP contribution is -1.90. The molecule has 0 bridgehead atoms. The summed E-state index contributed by atoms with van der Waals surface area (Å²) >= 11 is 1.85. The second-order valence-corrected chi connectivity index (χ2v) is 13.4. The normalized spacial score (nSPS) is 11.7. The Kier molecular flexibility index (Phi) is 6.32. The van der Waals surface area contributed by atoms with Crippen LogP contribution in [0, 0.1) is 0 Å². The predicted octanol–water partition coefficient (Wildman–Crippen LogP) is 11.8. The highest BCUT2D eigenvalue weighted by molar-refractivity contribution is 7.26. The fraction of sp³-hybridized carbons (Fsp3) is 0. The van der Waals surface area contributed by atoms with Gasteiger partial charge in [0.1, 0.15) is 0 Å². The van der Waals surface area contributed by atoms with E-state index in [4.69, 9.17) is 15.0 Å². The van der Waals surface area contributed by atoms with Crippen LogP contribution in [0.15, 0.2) is 158 Å². The molecule has 228 valence electrons. The molecule has 0 spiro atoms. The Labute approximate surface area is 286 Å². The average Bonchev–Trinajstić information content (AvgIpc) is 3.56. The first-order valence-electron chi connectivity index (χ1n) is 16.3. The van der Waals surface area contributed by atoms with Crippen LogP contribution < -0.4 is 0 Å². The molecule has 4 nitrogen and oxygen atoms in total. The van der Waals surface area contributed by atoms with Gasteiger partial charge < -0.3 is 0 Å². The lowest BCUT2D eigenvalue weighted by molar-refractivity contribution is 1.30. The number of aromatic nitrogens is 4. The second kappa shape index (κ2) is 11.2. The van der Waals surface area contributed by atoms with Crippen molar-refractivity contribution in [1.82, 2.24) is 19.9 Å². The van der Waals surface area contributed by atoms with Crippen molar-refractivity contribution in [1.29, 1.82) is 0 Å². The van der Waals surface area contributed by atoms with Gasteiger partial charge in [0.2, 0.25) is 0 Å². The Morgan fingerprint density at radius 3 is 2.08 bits per heavy atom. The summed E-state index contributed by atoms with van der Waals surface area (Å²) in [4.78, 5) is 19.1. The smallest absolute Gasteiger partial charge is 0.0965 e. The molecule has 5 heteroatoms. The van der Waals surface area contributed by atoms with Crippen molar-refractivity contribution in [3.05, 3.63) is 158 Å². The van der Waals surface area contributed by atoms with Gasteiger partial charge in [0, 0.05) is 77.8 Å². The largest absolute Gasteiger partial charge is 0.256 e. The molecule has 0 saturated heterocycles. The van der Waals surface area contributed by atoms with E-state index in [0.29, 0.717) is 0 Å². The minimum atomic E-state index is 0.879. The molecule has 5 heterocycles. The maximum atomic E-state index is 4.95. The van der Waals surface area contributed by atoms with E-state index in [1.807, 2.05) is 48.3 Å². The molecule has 0 radical (unpaired) electrons. The summed E-state index contributed by atoms with van der Waals surface area (Å²) in [5.41, 5.74) is 11.4. The molecule has 0 aliphatic carbocycles. The third-order valence-corrected chi connectivity index (χ3v) is 10.6. The van der Waals surface area contributed by atoms with Crippen LogP contribution in [0.5, 0.6) is 0 Å². The molecule has 0 saturated carbocycles. The van der Waals surface area contributed by atoms with E-state index >= 15 is 0 Å². The molecule has 5 aromatic carbocycles. The first-order chi connectivity index (χ1) is 24.2. The van der Waals surface area contributed by atoms with Crippen molar-refractivity contribution in [2.45, 2.75) is 0 Å². The minimum Gasteiger partial charge on any atom is -0.256 e. The summed E-state index contributed by atoms with van der Waals surface area (Å²) < 4.78 is 2.59. The van der Waals surface area contributed by atoms with Crippen LogP contribution in [0.3, 0.4) is 0 Å². The Morgan fingerprint density at radius 2 is 1.14 bits per heavy atom. The first-order valence-corrected chi connectivity index (χ1v) is 17.1. The summed E-state index contributed by atoms with van der Waals surface area (Å²) in [5, 5.41) is 5.84. The van der Waals surface area contributed by atoms with Gasteiger partial charge in [0.25, 0.3) is 0 Å². The van der Waals surface area contributed by atoms with Crippen molar-refractivity contribution in [3.8, 4) is 44.6 Å². The van der Waals surface area contributed by atoms with Gasteiger partial charge in [-0.2, -0.15) is 0 Å². The molecule has 10 rings (SSSR count). The van der Waals surface area contributed by atoms with E-state index in [-0.39, 0.29) is 0 Å². The second-order valence-electron chi connectivity index (χ2n) is 12.4. The lowest BCUT2D eigenvalue weighted by Gasteiger charge is -2.13. The van der Waals surface area contributed by atoms with E-state index < -0.39 is 0 Å². The van der Waals surface area contributed by atoms with Gasteiger partial charge in [-0.25, -0.2) is 0 Å². The Hall–Kier alpha value is -6.30. The standard InChI is InChI=1S/C44H26N4S/c1-3-12-39-28(7-1)19-34(25-47-39)32-21-31(22-33(23-32)36-10-5-11-38-37-9-2-4-13-41(37)49-44(36)38)30-16-17-40(46-24-30)35-20-29-15-14-27-8-6-18-45-42(27)43(29)48-26-35/h1-26H. The summed E-state index contributed by atoms with van der Waals surface area (Å²) in [7, 11) is 0. The van der Waals surface area contributed by atoms with Crippen LogP contribution in [0.4, 0.5) is 0 Å². The monoisotopic (exact) mass is 642 g/mol. The third-order valence-electron chi connectivity index (χ3n) is 9.39. The van der Waals surface area contributed by atoms with Gasteiger partial charge in [-0.3, -0.25) is 19.9 Å². The van der Waals surface area contributed by atoms with Gasteiger partial charge >= 0.3 is 0 Å². The highest BCUT2D eigenvalue weighted by atomic mass is 32.1. The van der Waals surface area contributed by atoms with Crippen molar-refractivity contribution in [2.24, 2.45) is 0 Å². The topological polar surface area (TPSA) is 51.6 Å². The maximum Gasteiger partial charge on any atom is 0.0965 e. The van der Waals surface area contributed by atoms with E-state index in [2.05, 4.69) is 126 Å². The molecular formula is C44H26N4S. The molecule has 0 fully saturated rings. The Balaban J connectivity index is 1.11. The number of para-hydroxylation sites is 1. The van der Waals surface area contributed by atoms with E-state index in [0.717, 1.165) is 66.2 Å². The zero-order valence-corrected chi connectivity index (χ0v) is 27.0. The number of rotatable bonds is 4. The van der Waals surface area contributed by atoms with Crippen LogP contribution in [0.25, 0.3) is 97.5 Å². The predicted molar refractivity (Wildman–Crippen MR) is 205 cm³/mol. The minimum absolute atomic E-state index is 0.879.